The van der Waals surface area contributed by atoms with Crippen LogP contribution in [-0.4, -0.2) is 25.0 Å². The first kappa shape index (κ1) is 9.05. The van der Waals surface area contributed by atoms with Gasteiger partial charge in [0.05, 0.1) is 0 Å². The Balaban J connectivity index is 2.48. The van der Waals surface area contributed by atoms with E-state index in [1.54, 1.807) is 0 Å². The molecular weight excluding hydrogens is 134 g/mol. The molecule has 0 unspecified atom stereocenters. The van der Waals surface area contributed by atoms with Gasteiger partial charge >= 0.3 is 0 Å². The van der Waals surface area contributed by atoms with Crippen LogP contribution in [0.5, 0.6) is 0 Å². The molecule has 1 fully saturated rings. The largest absolute Gasteiger partial charge is 0.306 e. The maximum atomic E-state index is 2.47. The summed E-state index contributed by atoms with van der Waals surface area (Å²) in [6, 6.07) is 0. The van der Waals surface area contributed by atoms with Crippen LogP contribution in [0, 0.1) is 5.41 Å². The highest BCUT2D eigenvalue weighted by molar-refractivity contribution is 4.86. The van der Waals surface area contributed by atoms with Gasteiger partial charge in [0, 0.05) is 6.54 Å². The summed E-state index contributed by atoms with van der Waals surface area (Å²) in [4.78, 5) is 2.47. The molecular formula is C10H21N. The smallest absolute Gasteiger partial charge is 0.00353 e. The van der Waals surface area contributed by atoms with Gasteiger partial charge < -0.3 is 4.90 Å². The van der Waals surface area contributed by atoms with E-state index in [0.717, 1.165) is 0 Å². The molecule has 1 nitrogen and oxygen atoms in total. The summed E-state index contributed by atoms with van der Waals surface area (Å²) in [5.74, 6) is 0. The van der Waals surface area contributed by atoms with Crippen LogP contribution in [0.15, 0.2) is 0 Å². The molecule has 0 saturated carbocycles. The van der Waals surface area contributed by atoms with Crippen molar-refractivity contribution in [1.82, 2.24) is 4.90 Å². The van der Waals surface area contributed by atoms with E-state index in [2.05, 4.69) is 25.8 Å². The minimum atomic E-state index is 0.684. The summed E-state index contributed by atoms with van der Waals surface area (Å²) in [7, 11) is 2.24. The molecule has 11 heavy (non-hydrogen) atoms. The van der Waals surface area contributed by atoms with Crippen molar-refractivity contribution in [3.8, 4) is 0 Å². The quantitative estimate of drug-likeness (QED) is 0.605. The monoisotopic (exact) mass is 155 g/mol. The molecule has 1 saturated heterocycles. The van der Waals surface area contributed by atoms with Gasteiger partial charge in [-0.25, -0.2) is 0 Å². The van der Waals surface area contributed by atoms with Crippen molar-refractivity contribution in [2.45, 2.75) is 39.5 Å². The maximum absolute atomic E-state index is 2.47. The predicted molar refractivity (Wildman–Crippen MR) is 49.7 cm³/mol. The van der Waals surface area contributed by atoms with Gasteiger partial charge in [0.15, 0.2) is 0 Å². The molecule has 1 atom stereocenters. The van der Waals surface area contributed by atoms with Gasteiger partial charge in [-0.3, -0.25) is 0 Å². The zero-order chi connectivity index (χ0) is 8.32. The highest BCUT2D eigenvalue weighted by atomic mass is 15.1. The van der Waals surface area contributed by atoms with E-state index in [4.69, 9.17) is 0 Å². The van der Waals surface area contributed by atoms with Gasteiger partial charge in [-0.15, -0.1) is 0 Å². The van der Waals surface area contributed by atoms with Gasteiger partial charge in [0.2, 0.25) is 0 Å². The lowest BCUT2D eigenvalue weighted by atomic mass is 9.80. The average molecular weight is 155 g/mol. The second-order valence-electron chi connectivity index (χ2n) is 4.09. The Bertz CT molecular complexity index is 118. The minimum absolute atomic E-state index is 0.684. The molecule has 1 aliphatic heterocycles. The van der Waals surface area contributed by atoms with E-state index >= 15 is 0 Å². The Morgan fingerprint density at radius 3 is 2.45 bits per heavy atom. The molecule has 1 heteroatoms. The third-order valence-corrected chi connectivity index (χ3v) is 3.16. The third kappa shape index (κ3) is 1.96. The molecule has 1 aliphatic rings. The summed E-state index contributed by atoms with van der Waals surface area (Å²) >= 11 is 0. The summed E-state index contributed by atoms with van der Waals surface area (Å²) in [5, 5.41) is 0. The number of hydrogen-bond acceptors (Lipinski definition) is 1. The number of hydrogen-bond donors (Lipinski definition) is 0. The lowest BCUT2D eigenvalue weighted by Gasteiger charge is -2.26. The SMILES string of the molecule is CCC[C@]1(CC)CCN(C)C1. The minimum Gasteiger partial charge on any atom is -0.306 e. The van der Waals surface area contributed by atoms with E-state index in [9.17, 15) is 0 Å². The van der Waals surface area contributed by atoms with E-state index in [0.29, 0.717) is 5.41 Å². The zero-order valence-electron chi connectivity index (χ0n) is 8.19. The normalized spacial score (nSPS) is 33.0. The van der Waals surface area contributed by atoms with E-state index in [1.165, 1.54) is 38.8 Å². The molecule has 66 valence electrons. The van der Waals surface area contributed by atoms with Crippen LogP contribution in [0.4, 0.5) is 0 Å². The summed E-state index contributed by atoms with van der Waals surface area (Å²) < 4.78 is 0. The van der Waals surface area contributed by atoms with Crippen LogP contribution in [-0.2, 0) is 0 Å². The zero-order valence-corrected chi connectivity index (χ0v) is 8.19. The predicted octanol–water partition coefficient (Wildman–Crippen LogP) is 2.52. The van der Waals surface area contributed by atoms with Gasteiger partial charge in [-0.05, 0) is 38.3 Å². The fraction of sp³-hybridized carbons (Fsp3) is 1.00. The van der Waals surface area contributed by atoms with Crippen LogP contribution in [0.1, 0.15) is 39.5 Å². The van der Waals surface area contributed by atoms with Crippen LogP contribution < -0.4 is 0 Å². The molecule has 0 aromatic carbocycles. The molecule has 0 aromatic rings. The summed E-state index contributed by atoms with van der Waals surface area (Å²) in [6.07, 6.45) is 5.56. The van der Waals surface area contributed by atoms with Crippen molar-refractivity contribution in [1.29, 1.82) is 0 Å². The number of rotatable bonds is 3. The van der Waals surface area contributed by atoms with Crippen LogP contribution in [0.25, 0.3) is 0 Å². The molecule has 0 aliphatic carbocycles. The number of likely N-dealkylation sites (tertiary alicyclic amines) is 1. The Morgan fingerprint density at radius 2 is 2.09 bits per heavy atom. The Kier molecular flexibility index (Phi) is 2.94. The first-order valence-electron chi connectivity index (χ1n) is 4.91. The van der Waals surface area contributed by atoms with Crippen LogP contribution in [0.2, 0.25) is 0 Å². The molecule has 0 bridgehead atoms. The molecule has 0 radical (unpaired) electrons. The van der Waals surface area contributed by atoms with Crippen LogP contribution >= 0.6 is 0 Å². The van der Waals surface area contributed by atoms with Crippen molar-refractivity contribution in [2.75, 3.05) is 20.1 Å². The molecule has 0 amide bonds. The Labute approximate surface area is 70.8 Å². The van der Waals surface area contributed by atoms with E-state index in [-0.39, 0.29) is 0 Å². The highest BCUT2D eigenvalue weighted by Crippen LogP contribution is 2.37. The molecule has 1 rings (SSSR count). The fourth-order valence-corrected chi connectivity index (χ4v) is 2.36. The molecule has 0 aromatic heterocycles. The van der Waals surface area contributed by atoms with Crippen molar-refractivity contribution in [3.05, 3.63) is 0 Å². The lowest BCUT2D eigenvalue weighted by molar-refractivity contribution is 0.248. The number of nitrogens with zero attached hydrogens (tertiary/aromatic N) is 1. The van der Waals surface area contributed by atoms with Crippen molar-refractivity contribution >= 4 is 0 Å². The Hall–Kier alpha value is -0.0400. The third-order valence-electron chi connectivity index (χ3n) is 3.16. The van der Waals surface area contributed by atoms with Crippen molar-refractivity contribution in [3.63, 3.8) is 0 Å². The first-order chi connectivity index (χ1) is 5.22. The first-order valence-corrected chi connectivity index (χ1v) is 4.91. The topological polar surface area (TPSA) is 3.24 Å². The van der Waals surface area contributed by atoms with Crippen molar-refractivity contribution in [2.24, 2.45) is 5.41 Å². The lowest BCUT2D eigenvalue weighted by Crippen LogP contribution is -2.24. The van der Waals surface area contributed by atoms with Gasteiger partial charge in [0.25, 0.3) is 0 Å². The second kappa shape index (κ2) is 3.57. The molecule has 0 N–H and O–H groups in total. The van der Waals surface area contributed by atoms with Crippen LogP contribution in [0.3, 0.4) is 0 Å². The maximum Gasteiger partial charge on any atom is 0.00353 e. The van der Waals surface area contributed by atoms with Gasteiger partial charge in [0.1, 0.15) is 0 Å². The summed E-state index contributed by atoms with van der Waals surface area (Å²) in [6.45, 7) is 7.29. The van der Waals surface area contributed by atoms with E-state index < -0.39 is 0 Å². The fourth-order valence-electron chi connectivity index (χ4n) is 2.36. The standard InChI is InChI=1S/C10H21N/c1-4-6-10(5-2)7-8-11(3)9-10/h4-9H2,1-3H3/t10-/m1/s1. The van der Waals surface area contributed by atoms with Gasteiger partial charge in [-0.1, -0.05) is 20.3 Å². The molecule has 1 heterocycles. The summed E-state index contributed by atoms with van der Waals surface area (Å²) in [5.41, 5.74) is 0.684. The Morgan fingerprint density at radius 1 is 1.36 bits per heavy atom. The van der Waals surface area contributed by atoms with E-state index in [1.807, 2.05) is 0 Å². The second-order valence-corrected chi connectivity index (χ2v) is 4.09. The van der Waals surface area contributed by atoms with Crippen molar-refractivity contribution < 1.29 is 0 Å². The highest BCUT2D eigenvalue weighted by Gasteiger charge is 2.33. The van der Waals surface area contributed by atoms with Gasteiger partial charge in [-0.2, -0.15) is 0 Å². The molecule has 0 spiro atoms. The average Bonchev–Trinajstić information content (AvgIpc) is 2.34.